The topological polar surface area (TPSA) is 96.0 Å². The molecular formula is C44H38CoF2N10S2. The van der Waals surface area contributed by atoms with Crippen molar-refractivity contribution in [2.24, 2.45) is 10.2 Å². The fourth-order valence-corrected chi connectivity index (χ4v) is 7.22. The van der Waals surface area contributed by atoms with Crippen molar-refractivity contribution in [3.8, 4) is 22.3 Å². The normalized spacial score (nSPS) is 11.9. The zero-order valence-electron chi connectivity index (χ0n) is 32.4. The molecule has 4 heterocycles. The van der Waals surface area contributed by atoms with Crippen LogP contribution in [0.2, 0.25) is 0 Å². The molecule has 8 aromatic rings. The number of rotatable bonds is 10. The predicted molar refractivity (Wildman–Crippen MR) is 233 cm³/mol. The van der Waals surface area contributed by atoms with Crippen molar-refractivity contribution in [3.63, 3.8) is 0 Å². The van der Waals surface area contributed by atoms with Crippen LogP contribution in [0.25, 0.3) is 56.2 Å². The Morgan fingerprint density at radius 2 is 0.932 bits per heavy atom. The minimum Gasteiger partial charge on any atom is -0.738 e. The Balaban J connectivity index is 0.000000195. The molecule has 59 heavy (non-hydrogen) atoms. The van der Waals surface area contributed by atoms with E-state index < -0.39 is 0 Å². The number of aromatic nitrogens is 8. The van der Waals surface area contributed by atoms with Crippen molar-refractivity contribution in [1.82, 2.24) is 38.9 Å². The van der Waals surface area contributed by atoms with E-state index in [-0.39, 0.29) is 40.5 Å². The average Bonchev–Trinajstić information content (AvgIpc) is 3.99. The number of nitrogens with zero attached hydrogens (tertiary/aromatic N) is 10. The molecule has 299 valence electrons. The van der Waals surface area contributed by atoms with Crippen LogP contribution in [0.3, 0.4) is 0 Å². The number of halogens is 2. The molecule has 0 bridgehead atoms. The summed E-state index contributed by atoms with van der Waals surface area (Å²) < 4.78 is 34.4. The largest absolute Gasteiger partial charge is 2.00 e. The third kappa shape index (κ3) is 9.28. The second-order valence-corrected chi connectivity index (χ2v) is 14.4. The van der Waals surface area contributed by atoms with E-state index in [1.54, 1.807) is 12.4 Å². The number of benzene rings is 4. The van der Waals surface area contributed by atoms with Gasteiger partial charge in [0.1, 0.15) is 24.3 Å². The molecule has 4 aromatic carbocycles. The summed E-state index contributed by atoms with van der Waals surface area (Å²) in [5.74, 6) is -0.501. The van der Waals surface area contributed by atoms with E-state index in [0.29, 0.717) is 10.3 Å². The van der Waals surface area contributed by atoms with Crippen molar-refractivity contribution in [3.05, 3.63) is 145 Å². The van der Waals surface area contributed by atoms with E-state index in [1.807, 2.05) is 72.8 Å². The first-order chi connectivity index (χ1) is 28.1. The molecule has 10 nitrogen and oxygen atoms in total. The Labute approximate surface area is 361 Å². The zero-order chi connectivity index (χ0) is 40.8. The SMILES string of the molecule is CC(C)n1c(/C=C/C=N/n2cnnc2[S-])c(-c2ccc(F)cc2)c2ccccc21.CC(C)n1c(/C=C/C=N/n2cnnc2[S-])c(-c2ccc(F)cc2)c2ccccc21.[Co+2]. The summed E-state index contributed by atoms with van der Waals surface area (Å²) in [6.07, 6.45) is 13.9. The number of fused-ring (bicyclic) bond motifs is 2. The molecule has 0 unspecified atom stereocenters. The molecule has 1 radical (unpaired) electrons. The van der Waals surface area contributed by atoms with Gasteiger partial charge in [-0.3, -0.25) is 0 Å². The van der Waals surface area contributed by atoms with Crippen molar-refractivity contribution in [2.75, 3.05) is 0 Å². The van der Waals surface area contributed by atoms with Crippen molar-refractivity contribution >= 4 is 71.6 Å². The summed E-state index contributed by atoms with van der Waals surface area (Å²) in [5, 5.41) is 26.2. The molecule has 0 aliphatic rings. The standard InChI is InChI=1S/2C22H20FN5S.Co/c2*1-15(2)28-19-7-4-3-6-18(19)21(16-9-11-17(23)12-10-16)20(28)8-5-13-25-27-14-24-26-22(27)29;/h2*3-15H,1-2H3,(H,26,29);/q;;+2/p-2/b2*8-5+,25-13+;. The summed E-state index contributed by atoms with van der Waals surface area (Å²) in [6, 6.07) is 30.2. The van der Waals surface area contributed by atoms with Gasteiger partial charge in [0.05, 0.1) is 0 Å². The van der Waals surface area contributed by atoms with Gasteiger partial charge >= 0.3 is 16.8 Å². The van der Waals surface area contributed by atoms with Crippen LogP contribution in [0.1, 0.15) is 51.2 Å². The molecule has 4 aromatic heterocycles. The first-order valence-electron chi connectivity index (χ1n) is 18.5. The fraction of sp³-hybridized carbons (Fsp3) is 0.136. The molecule has 0 amide bonds. The first kappa shape index (κ1) is 42.5. The predicted octanol–water partition coefficient (Wildman–Crippen LogP) is 10.1. The van der Waals surface area contributed by atoms with Crippen LogP contribution >= 0.6 is 0 Å². The van der Waals surface area contributed by atoms with Gasteiger partial charge in [-0.25, -0.2) is 18.1 Å². The second kappa shape index (κ2) is 19.1. The quantitative estimate of drug-likeness (QED) is 0.100. The maximum absolute atomic E-state index is 13.5. The Bertz CT molecular complexity index is 2600. The average molecular weight is 868 g/mol. The molecule has 0 atom stereocenters. The molecule has 8 rings (SSSR count). The molecule has 0 spiro atoms. The Kier molecular flexibility index (Phi) is 13.7. The van der Waals surface area contributed by atoms with Crippen LogP contribution in [-0.4, -0.2) is 51.3 Å². The zero-order valence-corrected chi connectivity index (χ0v) is 35.1. The van der Waals surface area contributed by atoms with Crippen LogP contribution in [0.15, 0.2) is 142 Å². The Morgan fingerprint density at radius 1 is 0.559 bits per heavy atom. The fourth-order valence-electron chi connectivity index (χ4n) is 6.93. The smallest absolute Gasteiger partial charge is 0.738 e. The van der Waals surface area contributed by atoms with E-state index in [0.717, 1.165) is 55.4 Å². The monoisotopic (exact) mass is 867 g/mol. The summed E-state index contributed by atoms with van der Waals surface area (Å²) >= 11 is 10.1. The van der Waals surface area contributed by atoms with E-state index in [1.165, 1.54) is 46.3 Å². The molecule has 0 N–H and O–H groups in total. The van der Waals surface area contributed by atoms with E-state index in [2.05, 4.69) is 91.7 Å². The van der Waals surface area contributed by atoms with Crippen molar-refractivity contribution in [2.45, 2.75) is 50.1 Å². The number of hydrogen-bond donors (Lipinski definition) is 0. The number of allylic oxidation sites excluding steroid dienone is 2. The van der Waals surface area contributed by atoms with Crippen LogP contribution in [0.4, 0.5) is 8.78 Å². The van der Waals surface area contributed by atoms with Gasteiger partial charge in [-0.1, -0.05) is 60.7 Å². The van der Waals surface area contributed by atoms with Gasteiger partial charge in [-0.15, -0.1) is 10.2 Å². The van der Waals surface area contributed by atoms with Gasteiger partial charge in [0.2, 0.25) is 0 Å². The first-order valence-corrected chi connectivity index (χ1v) is 19.3. The van der Waals surface area contributed by atoms with E-state index in [4.69, 9.17) is 25.3 Å². The van der Waals surface area contributed by atoms with E-state index in [9.17, 15) is 8.78 Å². The van der Waals surface area contributed by atoms with Crippen molar-refractivity contribution in [1.29, 1.82) is 0 Å². The van der Waals surface area contributed by atoms with E-state index >= 15 is 0 Å². The Morgan fingerprint density at radius 3 is 1.27 bits per heavy atom. The minimum atomic E-state index is -0.251. The van der Waals surface area contributed by atoms with Crippen LogP contribution in [-0.2, 0) is 42.0 Å². The summed E-state index contributed by atoms with van der Waals surface area (Å²) in [4.78, 5) is 0. The molecule has 15 heteroatoms. The van der Waals surface area contributed by atoms with Crippen LogP contribution < -0.4 is 0 Å². The van der Waals surface area contributed by atoms with Crippen molar-refractivity contribution < 1.29 is 25.6 Å². The molecule has 0 saturated carbocycles. The number of para-hydroxylation sites is 2. The molecule has 0 saturated heterocycles. The summed E-state index contributed by atoms with van der Waals surface area (Å²) in [7, 11) is 0. The Hall–Kier alpha value is -6.13. The van der Waals surface area contributed by atoms with Gasteiger partial charge in [-0.2, -0.15) is 20.4 Å². The van der Waals surface area contributed by atoms with Gasteiger partial charge in [0.15, 0.2) is 0 Å². The second-order valence-electron chi connectivity index (χ2n) is 13.7. The molecular weight excluding hydrogens is 830 g/mol. The summed E-state index contributed by atoms with van der Waals surface area (Å²) in [5.41, 5.74) is 8.37. The van der Waals surface area contributed by atoms with Gasteiger partial charge < -0.3 is 34.4 Å². The molecule has 0 aliphatic carbocycles. The number of hydrogen-bond acceptors (Lipinski definition) is 8. The summed E-state index contributed by atoms with van der Waals surface area (Å²) in [6.45, 7) is 8.58. The third-order valence-electron chi connectivity index (χ3n) is 9.26. The third-order valence-corrected chi connectivity index (χ3v) is 9.80. The van der Waals surface area contributed by atoms with Gasteiger partial charge in [0, 0.05) is 79.1 Å². The van der Waals surface area contributed by atoms with Gasteiger partial charge in [-0.05, 0) is 99.5 Å². The van der Waals surface area contributed by atoms with Crippen LogP contribution in [0.5, 0.6) is 0 Å². The maximum atomic E-state index is 13.5. The maximum Gasteiger partial charge on any atom is 2.00 e. The minimum absolute atomic E-state index is 0. The molecule has 0 aliphatic heterocycles. The van der Waals surface area contributed by atoms with Crippen LogP contribution in [0, 0.1) is 11.6 Å². The van der Waals surface area contributed by atoms with Gasteiger partial charge in [0.25, 0.3) is 0 Å². The molecule has 0 fully saturated rings.